The zero-order valence-corrected chi connectivity index (χ0v) is 11.5. The molecule has 1 aromatic carbocycles. The number of carbonyl (C=O) groups is 1. The minimum absolute atomic E-state index is 0.229. The molecule has 20 heavy (non-hydrogen) atoms. The summed E-state index contributed by atoms with van der Waals surface area (Å²) >= 11 is 0. The molecule has 0 amide bonds. The molecule has 0 saturated heterocycles. The van der Waals surface area contributed by atoms with Crippen LogP contribution in [0.2, 0.25) is 0 Å². The first-order valence-corrected chi connectivity index (χ1v) is 6.95. The number of carboxylic acids is 1. The van der Waals surface area contributed by atoms with Crippen molar-refractivity contribution in [3.05, 3.63) is 29.3 Å². The predicted molar refractivity (Wildman–Crippen MR) is 72.9 cm³/mol. The van der Waals surface area contributed by atoms with Gasteiger partial charge in [-0.15, -0.1) is 0 Å². The Labute approximate surface area is 117 Å². The Hall–Kier alpha value is -1.65. The number of rotatable bonds is 4. The van der Waals surface area contributed by atoms with Crippen molar-refractivity contribution in [1.29, 1.82) is 0 Å². The van der Waals surface area contributed by atoms with Crippen LogP contribution >= 0.6 is 0 Å². The Bertz CT molecular complexity index is 482. The van der Waals surface area contributed by atoms with Gasteiger partial charge in [0.15, 0.2) is 0 Å². The summed E-state index contributed by atoms with van der Waals surface area (Å²) in [6, 6.07) is 1.69. The van der Waals surface area contributed by atoms with Gasteiger partial charge in [0.25, 0.3) is 0 Å². The quantitative estimate of drug-likeness (QED) is 0.881. The lowest BCUT2D eigenvalue weighted by Gasteiger charge is -2.29. The third kappa shape index (κ3) is 3.26. The Morgan fingerprint density at radius 2 is 1.90 bits per heavy atom. The van der Waals surface area contributed by atoms with E-state index >= 15 is 0 Å². The lowest BCUT2D eigenvalue weighted by Crippen LogP contribution is -2.25. The number of nitrogens with one attached hydrogen (secondary N) is 1. The van der Waals surface area contributed by atoms with Gasteiger partial charge in [-0.05, 0) is 30.4 Å². The number of hydrogen-bond acceptors (Lipinski definition) is 2. The zero-order chi connectivity index (χ0) is 14.7. The van der Waals surface area contributed by atoms with E-state index in [1.807, 2.05) is 0 Å². The summed E-state index contributed by atoms with van der Waals surface area (Å²) in [7, 11) is 0. The monoisotopic (exact) mass is 283 g/mol. The highest BCUT2D eigenvalue weighted by molar-refractivity contribution is 5.88. The molecule has 1 aromatic rings. The van der Waals surface area contributed by atoms with Gasteiger partial charge in [-0.2, -0.15) is 0 Å². The van der Waals surface area contributed by atoms with Crippen molar-refractivity contribution in [3.8, 4) is 0 Å². The Morgan fingerprint density at radius 1 is 1.30 bits per heavy atom. The van der Waals surface area contributed by atoms with Crippen LogP contribution in [0.5, 0.6) is 0 Å². The summed E-state index contributed by atoms with van der Waals surface area (Å²) in [4.78, 5) is 10.7. The molecule has 1 aliphatic rings. The van der Waals surface area contributed by atoms with Crippen molar-refractivity contribution in [2.24, 2.45) is 11.8 Å². The van der Waals surface area contributed by atoms with Crippen LogP contribution in [0.1, 0.15) is 43.0 Å². The molecule has 110 valence electrons. The largest absolute Gasteiger partial charge is 0.478 e. The molecule has 0 heterocycles. The van der Waals surface area contributed by atoms with Crippen LogP contribution in [-0.2, 0) is 0 Å². The molecule has 2 N–H and O–H groups in total. The third-order valence-corrected chi connectivity index (χ3v) is 4.12. The normalized spacial score (nSPS) is 22.6. The summed E-state index contributed by atoms with van der Waals surface area (Å²) in [5, 5.41) is 11.5. The lowest BCUT2D eigenvalue weighted by atomic mass is 9.80. The van der Waals surface area contributed by atoms with Crippen LogP contribution in [0.3, 0.4) is 0 Å². The number of halogens is 2. The summed E-state index contributed by atoms with van der Waals surface area (Å²) in [6.07, 6.45) is 4.58. The summed E-state index contributed by atoms with van der Waals surface area (Å²) in [5.41, 5.74) is -0.607. The Balaban J connectivity index is 2.07. The Morgan fingerprint density at radius 3 is 2.45 bits per heavy atom. The van der Waals surface area contributed by atoms with Gasteiger partial charge in [0.1, 0.15) is 17.3 Å². The number of aromatic carboxylic acids is 1. The molecule has 2 unspecified atom stereocenters. The average molecular weight is 283 g/mol. The Kier molecular flexibility index (Phi) is 4.57. The van der Waals surface area contributed by atoms with Crippen molar-refractivity contribution >= 4 is 11.7 Å². The topological polar surface area (TPSA) is 49.3 Å². The highest BCUT2D eigenvalue weighted by atomic mass is 19.1. The molecule has 0 aromatic heterocycles. The molecule has 0 spiro atoms. The minimum atomic E-state index is -1.34. The first kappa shape index (κ1) is 14.8. The molecule has 0 aliphatic heterocycles. The minimum Gasteiger partial charge on any atom is -0.478 e. The molecule has 1 saturated carbocycles. The molecule has 3 nitrogen and oxygen atoms in total. The van der Waals surface area contributed by atoms with Crippen molar-refractivity contribution < 1.29 is 18.7 Å². The van der Waals surface area contributed by atoms with E-state index in [1.54, 1.807) is 0 Å². The van der Waals surface area contributed by atoms with E-state index in [0.29, 0.717) is 18.4 Å². The molecule has 1 fully saturated rings. The summed E-state index contributed by atoms with van der Waals surface area (Å²) in [5.74, 6) is -2.10. The first-order valence-electron chi connectivity index (χ1n) is 6.95. The second kappa shape index (κ2) is 6.20. The number of benzene rings is 1. The molecule has 2 atom stereocenters. The fourth-order valence-electron chi connectivity index (χ4n) is 2.79. The predicted octanol–water partition coefficient (Wildman–Crippen LogP) is 3.90. The van der Waals surface area contributed by atoms with Crippen LogP contribution in [0.15, 0.2) is 12.1 Å². The SMILES string of the molecule is CC1CCCCC1CNc1c(F)cc(C(=O)O)cc1F. The van der Waals surface area contributed by atoms with Gasteiger partial charge < -0.3 is 10.4 Å². The third-order valence-electron chi connectivity index (χ3n) is 4.12. The van der Waals surface area contributed by atoms with Crippen molar-refractivity contribution in [3.63, 3.8) is 0 Å². The van der Waals surface area contributed by atoms with E-state index in [-0.39, 0.29) is 11.3 Å². The van der Waals surface area contributed by atoms with Crippen molar-refractivity contribution in [2.75, 3.05) is 11.9 Å². The smallest absolute Gasteiger partial charge is 0.335 e. The highest BCUT2D eigenvalue weighted by Crippen LogP contribution is 2.30. The maximum absolute atomic E-state index is 13.8. The molecule has 2 rings (SSSR count). The van der Waals surface area contributed by atoms with Crippen LogP contribution in [0.25, 0.3) is 0 Å². The van der Waals surface area contributed by atoms with Gasteiger partial charge in [0, 0.05) is 6.54 Å². The molecule has 1 aliphatic carbocycles. The van der Waals surface area contributed by atoms with E-state index in [0.717, 1.165) is 31.4 Å². The standard InChI is InChI=1S/C15H19F2NO2/c1-9-4-2-3-5-10(9)8-18-14-12(16)6-11(15(19)20)7-13(14)17/h6-7,9-10,18H,2-5,8H2,1H3,(H,19,20). The molecular formula is C15H19F2NO2. The maximum Gasteiger partial charge on any atom is 0.335 e. The fraction of sp³-hybridized carbons (Fsp3) is 0.533. The van der Waals surface area contributed by atoms with Gasteiger partial charge in [0.2, 0.25) is 0 Å². The second-order valence-electron chi connectivity index (χ2n) is 5.52. The van der Waals surface area contributed by atoms with Gasteiger partial charge in [0.05, 0.1) is 5.56 Å². The first-order chi connectivity index (χ1) is 9.49. The van der Waals surface area contributed by atoms with E-state index in [2.05, 4.69) is 12.2 Å². The fourth-order valence-corrected chi connectivity index (χ4v) is 2.79. The van der Waals surface area contributed by atoms with Crippen LogP contribution in [-0.4, -0.2) is 17.6 Å². The second-order valence-corrected chi connectivity index (χ2v) is 5.52. The van der Waals surface area contributed by atoms with Crippen molar-refractivity contribution in [2.45, 2.75) is 32.6 Å². The van der Waals surface area contributed by atoms with Gasteiger partial charge >= 0.3 is 5.97 Å². The summed E-state index contributed by atoms with van der Waals surface area (Å²) in [6.45, 7) is 2.67. The highest BCUT2D eigenvalue weighted by Gasteiger charge is 2.22. The van der Waals surface area contributed by atoms with E-state index in [1.165, 1.54) is 6.42 Å². The van der Waals surface area contributed by atoms with Gasteiger partial charge in [-0.25, -0.2) is 13.6 Å². The molecular weight excluding hydrogens is 264 g/mol. The van der Waals surface area contributed by atoms with E-state index < -0.39 is 17.6 Å². The van der Waals surface area contributed by atoms with Crippen LogP contribution in [0.4, 0.5) is 14.5 Å². The maximum atomic E-state index is 13.8. The van der Waals surface area contributed by atoms with Crippen LogP contribution < -0.4 is 5.32 Å². The van der Waals surface area contributed by atoms with E-state index in [9.17, 15) is 13.6 Å². The number of anilines is 1. The van der Waals surface area contributed by atoms with Crippen LogP contribution in [0, 0.1) is 23.5 Å². The molecule has 0 radical (unpaired) electrons. The average Bonchev–Trinajstić information content (AvgIpc) is 2.39. The molecule has 5 heteroatoms. The summed E-state index contributed by atoms with van der Waals surface area (Å²) < 4.78 is 27.5. The molecule has 0 bridgehead atoms. The lowest BCUT2D eigenvalue weighted by molar-refractivity contribution is 0.0696. The van der Waals surface area contributed by atoms with Gasteiger partial charge in [-0.3, -0.25) is 0 Å². The van der Waals surface area contributed by atoms with Gasteiger partial charge in [-0.1, -0.05) is 26.2 Å². The van der Waals surface area contributed by atoms with E-state index in [4.69, 9.17) is 5.11 Å². The zero-order valence-electron chi connectivity index (χ0n) is 11.5. The number of carboxylic acid groups (broad SMARTS) is 1. The van der Waals surface area contributed by atoms with Crippen molar-refractivity contribution in [1.82, 2.24) is 0 Å². The number of hydrogen-bond donors (Lipinski definition) is 2.